The largest absolute Gasteiger partial charge is 0.472 e. The molecule has 0 aliphatic rings. The van der Waals surface area contributed by atoms with Gasteiger partial charge in [-0.1, -0.05) is 84.4 Å². The molecule has 0 atom stereocenters. The summed E-state index contributed by atoms with van der Waals surface area (Å²) in [5.41, 5.74) is 3.71. The zero-order valence-electron chi connectivity index (χ0n) is 23.6. The summed E-state index contributed by atoms with van der Waals surface area (Å²) < 4.78 is 30.4. The van der Waals surface area contributed by atoms with Crippen molar-refractivity contribution in [2.24, 2.45) is 5.92 Å². The third-order valence-electron chi connectivity index (χ3n) is 4.92. The molecule has 36 heavy (non-hydrogen) atoms. The van der Waals surface area contributed by atoms with Crippen LogP contribution in [0.1, 0.15) is 93.2 Å². The van der Waals surface area contributed by atoms with Gasteiger partial charge in [-0.25, -0.2) is 13.8 Å². The predicted octanol–water partition coefficient (Wildman–Crippen LogP) is 11.0. The molecule has 1 heterocycles. The first-order valence-electron chi connectivity index (χ1n) is 12.4. The number of hydrogen-bond acceptors (Lipinski definition) is 3. The third kappa shape index (κ3) is 16.8. The van der Waals surface area contributed by atoms with Gasteiger partial charge in [0.15, 0.2) is 0 Å². The van der Waals surface area contributed by atoms with Gasteiger partial charge in [0.2, 0.25) is 11.2 Å². The van der Waals surface area contributed by atoms with Crippen molar-refractivity contribution < 1.29 is 13.5 Å². The van der Waals surface area contributed by atoms with Crippen LogP contribution in [0.3, 0.4) is 0 Å². The fourth-order valence-corrected chi connectivity index (χ4v) is 2.56. The quantitative estimate of drug-likeness (QED) is 0.238. The highest BCUT2D eigenvalue weighted by Gasteiger charge is 2.22. The molecule has 204 valence electrons. The average Bonchev–Trinajstić information content (AvgIpc) is 2.86. The van der Waals surface area contributed by atoms with Crippen molar-refractivity contribution in [1.82, 2.24) is 9.97 Å². The molecule has 0 radical (unpaired) electrons. The molecule has 0 saturated carbocycles. The van der Waals surface area contributed by atoms with E-state index in [1.165, 1.54) is 30.6 Å². The number of hydrogen-bond donors (Lipinski definition) is 0. The number of alkyl halides is 2. The third-order valence-corrected chi connectivity index (χ3v) is 5.65. The number of nitrogens with zero attached hydrogens (tertiary/aromatic N) is 2. The second-order valence-electron chi connectivity index (χ2n) is 8.24. The number of halogens is 4. The van der Waals surface area contributed by atoms with Gasteiger partial charge in [0.05, 0.1) is 4.47 Å². The fraction of sp³-hybridized carbons (Fsp3) is 0.517. The Hall–Kier alpha value is -1.79. The lowest BCUT2D eigenvalue weighted by molar-refractivity contribution is 0.0633. The number of allylic oxidation sites excluding steroid dienone is 4. The van der Waals surface area contributed by atoms with E-state index in [0.717, 1.165) is 24.8 Å². The van der Waals surface area contributed by atoms with Gasteiger partial charge >= 0.3 is 0 Å². The molecule has 0 N–H and O–H groups in total. The molecule has 1 aromatic heterocycles. The van der Waals surface area contributed by atoms with Gasteiger partial charge in [0, 0.05) is 13.1 Å². The molecule has 0 aliphatic heterocycles. The molecule has 1 aromatic carbocycles. The summed E-state index contributed by atoms with van der Waals surface area (Å²) in [6.45, 7) is 19.2. The van der Waals surface area contributed by atoms with E-state index < -0.39 is 5.92 Å². The minimum atomic E-state index is -2.63. The van der Waals surface area contributed by atoms with E-state index in [9.17, 15) is 8.78 Å². The summed E-state index contributed by atoms with van der Waals surface area (Å²) in [7, 11) is 0. The molecule has 7 heteroatoms. The van der Waals surface area contributed by atoms with E-state index in [0.29, 0.717) is 17.0 Å². The number of benzene rings is 1. The molecular weight excluding hydrogens is 546 g/mol. The minimum absolute atomic E-state index is 0.123. The zero-order chi connectivity index (χ0) is 28.3. The van der Waals surface area contributed by atoms with Gasteiger partial charge in [0.1, 0.15) is 6.61 Å². The molecule has 0 amide bonds. The monoisotopic (exact) mass is 588 g/mol. The molecule has 0 fully saturated rings. The van der Waals surface area contributed by atoms with Crippen molar-refractivity contribution in [3.8, 4) is 5.88 Å². The average molecular weight is 590 g/mol. The van der Waals surface area contributed by atoms with Crippen LogP contribution in [0.25, 0.3) is 5.57 Å². The lowest BCUT2D eigenvalue weighted by atomic mass is 10.0. The van der Waals surface area contributed by atoms with E-state index >= 15 is 0 Å². The highest BCUT2D eigenvalue weighted by molar-refractivity contribution is 9.10. The van der Waals surface area contributed by atoms with Crippen LogP contribution in [0.15, 0.2) is 52.7 Å². The van der Waals surface area contributed by atoms with Crippen molar-refractivity contribution in [1.29, 1.82) is 0 Å². The van der Waals surface area contributed by atoms with Crippen LogP contribution in [-0.4, -0.2) is 15.9 Å². The maximum Gasteiger partial charge on any atom is 0.266 e. The SMILES string of the molecule is C/C=C(\C)C(C)(F)F.CC.CC/C=C(/C)c1ccc(COc2nc(Cl)ncc2Br)cc1.CCC(C)C. The van der Waals surface area contributed by atoms with Crippen LogP contribution in [0.2, 0.25) is 5.28 Å². The fourth-order valence-electron chi connectivity index (χ4n) is 2.13. The van der Waals surface area contributed by atoms with Crippen molar-refractivity contribution in [2.75, 3.05) is 0 Å². The summed E-state index contributed by atoms with van der Waals surface area (Å²) in [4.78, 5) is 7.90. The summed E-state index contributed by atoms with van der Waals surface area (Å²) >= 11 is 9.09. The van der Waals surface area contributed by atoms with Gasteiger partial charge in [-0.2, -0.15) is 4.98 Å². The molecule has 2 aromatic rings. The van der Waals surface area contributed by atoms with E-state index in [-0.39, 0.29) is 10.9 Å². The number of aromatic nitrogens is 2. The zero-order valence-corrected chi connectivity index (χ0v) is 25.9. The van der Waals surface area contributed by atoms with Crippen LogP contribution in [0.5, 0.6) is 5.88 Å². The first kappa shape index (κ1) is 36.4. The van der Waals surface area contributed by atoms with E-state index in [1.807, 2.05) is 13.8 Å². The smallest absolute Gasteiger partial charge is 0.266 e. The van der Waals surface area contributed by atoms with Crippen LogP contribution in [0, 0.1) is 5.92 Å². The maximum absolute atomic E-state index is 12.0. The first-order valence-corrected chi connectivity index (χ1v) is 13.6. The Morgan fingerprint density at radius 1 is 1.14 bits per heavy atom. The molecule has 0 saturated heterocycles. The Morgan fingerprint density at radius 3 is 2.06 bits per heavy atom. The first-order chi connectivity index (χ1) is 16.8. The molecule has 0 unspecified atom stereocenters. The van der Waals surface area contributed by atoms with E-state index in [2.05, 4.69) is 90.9 Å². The summed E-state index contributed by atoms with van der Waals surface area (Å²) in [6, 6.07) is 8.31. The van der Waals surface area contributed by atoms with Crippen LogP contribution < -0.4 is 4.74 Å². The Balaban J connectivity index is 0. The molecular formula is C29H44BrClF2N2O. The van der Waals surface area contributed by atoms with Crippen LogP contribution in [0.4, 0.5) is 8.78 Å². The summed E-state index contributed by atoms with van der Waals surface area (Å²) in [5, 5.41) is 0.170. The second-order valence-corrected chi connectivity index (χ2v) is 9.43. The Kier molecular flexibility index (Phi) is 20.5. The molecule has 0 aliphatic carbocycles. The highest BCUT2D eigenvalue weighted by Crippen LogP contribution is 2.24. The minimum Gasteiger partial charge on any atom is -0.472 e. The maximum atomic E-state index is 12.0. The topological polar surface area (TPSA) is 35.0 Å². The van der Waals surface area contributed by atoms with Gasteiger partial charge in [-0.05, 0) is 82.9 Å². The Labute approximate surface area is 231 Å². The second kappa shape index (κ2) is 20.3. The summed E-state index contributed by atoms with van der Waals surface area (Å²) in [6.07, 6.45) is 7.55. The molecule has 0 spiro atoms. The lowest BCUT2D eigenvalue weighted by Crippen LogP contribution is -2.10. The van der Waals surface area contributed by atoms with Gasteiger partial charge in [0.25, 0.3) is 5.92 Å². The van der Waals surface area contributed by atoms with Crippen molar-refractivity contribution in [2.45, 2.75) is 94.6 Å². The molecule has 0 bridgehead atoms. The highest BCUT2D eigenvalue weighted by atomic mass is 79.9. The lowest BCUT2D eigenvalue weighted by Gasteiger charge is -2.08. The van der Waals surface area contributed by atoms with Crippen LogP contribution in [-0.2, 0) is 6.61 Å². The van der Waals surface area contributed by atoms with Gasteiger partial charge < -0.3 is 4.74 Å². The number of ether oxygens (including phenoxy) is 1. The molecule has 2 rings (SSSR count). The Bertz CT molecular complexity index is 908. The standard InChI is InChI=1S/C16H16BrClN2O.C6H10F2.C5H12.C2H6/c1-3-4-11(2)13-7-5-12(6-8-13)10-21-15-14(17)9-19-16(18)20-15;1-4-5(2)6(3,7)8;1-4-5(2)3;1-2/h4-9H,3,10H2,1-2H3;4H,1-3H3;5H,4H2,1-3H3;1-2H3/b11-4-;5-4+;;. The van der Waals surface area contributed by atoms with Gasteiger partial charge in [-0.3, -0.25) is 0 Å². The van der Waals surface area contributed by atoms with Crippen LogP contribution >= 0.6 is 27.5 Å². The van der Waals surface area contributed by atoms with Crippen molar-refractivity contribution in [3.05, 3.63) is 69.1 Å². The number of rotatable bonds is 7. The van der Waals surface area contributed by atoms with E-state index in [4.69, 9.17) is 16.3 Å². The normalized spacial score (nSPS) is 11.4. The van der Waals surface area contributed by atoms with Crippen molar-refractivity contribution in [3.63, 3.8) is 0 Å². The van der Waals surface area contributed by atoms with Gasteiger partial charge in [-0.15, -0.1) is 0 Å². The predicted molar refractivity (Wildman–Crippen MR) is 156 cm³/mol. The summed E-state index contributed by atoms with van der Waals surface area (Å²) in [5.74, 6) is -1.30. The molecule has 3 nitrogen and oxygen atoms in total. The van der Waals surface area contributed by atoms with Crippen molar-refractivity contribution >= 4 is 33.1 Å². The van der Waals surface area contributed by atoms with E-state index in [1.54, 1.807) is 13.1 Å². The Morgan fingerprint density at radius 2 is 1.67 bits per heavy atom.